The van der Waals surface area contributed by atoms with Crippen LogP contribution in [0.4, 0.5) is 11.4 Å². The third-order valence-corrected chi connectivity index (χ3v) is 3.81. The zero-order chi connectivity index (χ0) is 16.3. The zero-order valence-electron chi connectivity index (χ0n) is 13.9. The van der Waals surface area contributed by atoms with E-state index in [0.717, 1.165) is 30.8 Å². The van der Waals surface area contributed by atoms with Crippen LogP contribution in [-0.4, -0.2) is 6.54 Å². The average molecular weight is 308 g/mol. The van der Waals surface area contributed by atoms with Gasteiger partial charge in [0.15, 0.2) is 0 Å². The van der Waals surface area contributed by atoms with Gasteiger partial charge in [-0.05, 0) is 67.7 Å². The lowest BCUT2D eigenvalue weighted by Crippen LogP contribution is -2.77. The zero-order valence-corrected chi connectivity index (χ0v) is 13.9. The van der Waals surface area contributed by atoms with Crippen LogP contribution < -0.4 is 5.32 Å². The number of hydrogen-bond donors (Lipinski definition) is 1. The molecule has 0 aromatic heterocycles. The normalized spacial score (nSPS) is 11.0. The molecular weight excluding hydrogens is 282 g/mol. The Kier molecular flexibility index (Phi) is 7.21. The van der Waals surface area contributed by atoms with Crippen LogP contribution in [0.3, 0.4) is 0 Å². The molecule has 2 aromatic rings. The second-order valence-electron chi connectivity index (χ2n) is 5.60. The summed E-state index contributed by atoms with van der Waals surface area (Å²) in [5.41, 5.74) is 4.46. The van der Waals surface area contributed by atoms with Crippen molar-refractivity contribution in [2.24, 2.45) is 10.2 Å². The van der Waals surface area contributed by atoms with Crippen LogP contribution in [0.25, 0.3) is 0 Å². The van der Waals surface area contributed by atoms with Crippen molar-refractivity contribution in [3.05, 3.63) is 72.4 Å². The lowest BCUT2D eigenvalue weighted by molar-refractivity contribution is -0.587. The van der Waals surface area contributed by atoms with Crippen LogP contribution in [0.5, 0.6) is 0 Å². The Morgan fingerprint density at radius 1 is 0.870 bits per heavy atom. The quantitative estimate of drug-likeness (QED) is 0.515. The maximum Gasteiger partial charge on any atom is 0.0857 e. The standard InChI is InChI=1S/C20H25N3/c1-3-17-8-12-19(13-9-17)22-23-20-14-10-18(11-15-20)7-5-6-16-21-4-2/h4,8-15,21H,2-3,5-7,16H2,1H3/p+1. The molecule has 0 spiro atoms. The van der Waals surface area contributed by atoms with Gasteiger partial charge in [0.05, 0.1) is 24.1 Å². The summed E-state index contributed by atoms with van der Waals surface area (Å²) < 4.78 is 0. The Morgan fingerprint density at radius 2 is 1.43 bits per heavy atom. The number of nitrogens with two attached hydrogens (primary N) is 1. The summed E-state index contributed by atoms with van der Waals surface area (Å²) in [6, 6.07) is 16.6. The Morgan fingerprint density at radius 3 is 1.96 bits per heavy atom. The highest BCUT2D eigenvalue weighted by atomic mass is 15.1. The van der Waals surface area contributed by atoms with Crippen LogP contribution in [0, 0.1) is 0 Å². The van der Waals surface area contributed by atoms with Crippen LogP contribution in [0.15, 0.2) is 71.5 Å². The third-order valence-electron chi connectivity index (χ3n) is 3.81. The summed E-state index contributed by atoms with van der Waals surface area (Å²) in [4.78, 5) is 0. The van der Waals surface area contributed by atoms with E-state index in [2.05, 4.69) is 53.3 Å². The Balaban J connectivity index is 1.83. The first-order chi connectivity index (χ1) is 11.3. The van der Waals surface area contributed by atoms with Gasteiger partial charge < -0.3 is 5.32 Å². The first kappa shape index (κ1) is 17.1. The minimum atomic E-state index is 0.893. The summed E-state index contributed by atoms with van der Waals surface area (Å²) in [6.07, 6.45) is 6.44. The van der Waals surface area contributed by atoms with Crippen LogP contribution in [0.2, 0.25) is 0 Å². The second kappa shape index (κ2) is 9.70. The van der Waals surface area contributed by atoms with E-state index < -0.39 is 0 Å². The predicted octanol–water partition coefficient (Wildman–Crippen LogP) is 4.69. The first-order valence-electron chi connectivity index (χ1n) is 8.35. The number of aryl methyl sites for hydroxylation is 2. The summed E-state index contributed by atoms with van der Waals surface area (Å²) >= 11 is 0. The van der Waals surface area contributed by atoms with Crippen molar-refractivity contribution in [2.75, 3.05) is 6.54 Å². The number of azo groups is 1. The summed E-state index contributed by atoms with van der Waals surface area (Å²) in [6.45, 7) is 6.97. The molecule has 0 saturated heterocycles. The molecule has 23 heavy (non-hydrogen) atoms. The van der Waals surface area contributed by atoms with E-state index in [1.165, 1.54) is 24.0 Å². The molecule has 0 radical (unpaired) electrons. The number of unbranched alkanes of at least 4 members (excludes halogenated alkanes) is 1. The van der Waals surface area contributed by atoms with Gasteiger partial charge in [-0.25, -0.2) is 0 Å². The molecular formula is C20H26N3+. The van der Waals surface area contributed by atoms with Gasteiger partial charge in [0.1, 0.15) is 0 Å². The molecule has 0 aliphatic rings. The lowest BCUT2D eigenvalue weighted by atomic mass is 10.1. The predicted molar refractivity (Wildman–Crippen MR) is 96.4 cm³/mol. The largest absolute Gasteiger partial charge is 0.321 e. The summed E-state index contributed by atoms with van der Waals surface area (Å²) in [5, 5.41) is 10.7. The molecule has 3 nitrogen and oxygen atoms in total. The molecule has 0 aliphatic carbocycles. The number of hydrogen-bond acceptors (Lipinski definition) is 2. The van der Waals surface area contributed by atoms with Gasteiger partial charge in [-0.3, -0.25) is 0 Å². The molecule has 0 bridgehead atoms. The molecule has 0 fully saturated rings. The fraction of sp³-hybridized carbons (Fsp3) is 0.300. The molecule has 0 amide bonds. The molecule has 0 atom stereocenters. The van der Waals surface area contributed by atoms with E-state index in [1.807, 2.05) is 30.5 Å². The molecule has 0 unspecified atom stereocenters. The van der Waals surface area contributed by atoms with Crippen LogP contribution >= 0.6 is 0 Å². The van der Waals surface area contributed by atoms with Gasteiger partial charge >= 0.3 is 0 Å². The molecule has 120 valence electrons. The Labute approximate surface area is 139 Å². The first-order valence-corrected chi connectivity index (χ1v) is 8.35. The van der Waals surface area contributed by atoms with Crippen LogP contribution in [-0.2, 0) is 12.8 Å². The molecule has 2 rings (SSSR count). The van der Waals surface area contributed by atoms with Crippen molar-refractivity contribution in [3.63, 3.8) is 0 Å². The van der Waals surface area contributed by atoms with Gasteiger partial charge in [-0.2, -0.15) is 10.2 Å². The van der Waals surface area contributed by atoms with Gasteiger partial charge in [0.25, 0.3) is 0 Å². The van der Waals surface area contributed by atoms with Gasteiger partial charge in [0.2, 0.25) is 0 Å². The van der Waals surface area contributed by atoms with Crippen molar-refractivity contribution < 1.29 is 5.32 Å². The van der Waals surface area contributed by atoms with E-state index in [-0.39, 0.29) is 0 Å². The number of benzene rings is 2. The maximum absolute atomic E-state index is 4.30. The molecule has 3 heteroatoms. The minimum absolute atomic E-state index is 0.893. The number of quaternary nitrogens is 1. The van der Waals surface area contributed by atoms with Crippen molar-refractivity contribution >= 4 is 11.4 Å². The van der Waals surface area contributed by atoms with Crippen molar-refractivity contribution in [2.45, 2.75) is 32.6 Å². The van der Waals surface area contributed by atoms with Gasteiger partial charge in [-0.1, -0.05) is 31.2 Å². The monoisotopic (exact) mass is 308 g/mol. The van der Waals surface area contributed by atoms with E-state index >= 15 is 0 Å². The maximum atomic E-state index is 4.30. The Bertz CT molecular complexity index is 612. The van der Waals surface area contributed by atoms with E-state index in [4.69, 9.17) is 0 Å². The highest BCUT2D eigenvalue weighted by Crippen LogP contribution is 2.19. The highest BCUT2D eigenvalue weighted by molar-refractivity contribution is 5.42. The number of nitrogens with zero attached hydrogens (tertiary/aromatic N) is 2. The van der Waals surface area contributed by atoms with Crippen molar-refractivity contribution in [1.29, 1.82) is 0 Å². The topological polar surface area (TPSA) is 41.3 Å². The molecule has 0 aliphatic heterocycles. The smallest absolute Gasteiger partial charge is 0.0857 e. The average Bonchev–Trinajstić information content (AvgIpc) is 2.61. The second-order valence-corrected chi connectivity index (χ2v) is 5.60. The van der Waals surface area contributed by atoms with E-state index in [0.29, 0.717) is 0 Å². The van der Waals surface area contributed by atoms with Gasteiger partial charge in [-0.15, -0.1) is 0 Å². The van der Waals surface area contributed by atoms with E-state index in [9.17, 15) is 0 Å². The molecule has 0 saturated carbocycles. The lowest BCUT2D eigenvalue weighted by Gasteiger charge is -2.01. The van der Waals surface area contributed by atoms with E-state index in [1.54, 1.807) is 0 Å². The number of rotatable bonds is 9. The van der Waals surface area contributed by atoms with Crippen LogP contribution in [0.1, 0.15) is 30.9 Å². The summed E-state index contributed by atoms with van der Waals surface area (Å²) in [7, 11) is 0. The SMILES string of the molecule is C=C[NH2+]CCCCc1ccc(N=Nc2ccc(CC)cc2)cc1. The summed E-state index contributed by atoms with van der Waals surface area (Å²) in [5.74, 6) is 0. The molecule has 0 heterocycles. The van der Waals surface area contributed by atoms with Gasteiger partial charge in [0, 0.05) is 0 Å². The minimum Gasteiger partial charge on any atom is -0.321 e. The highest BCUT2D eigenvalue weighted by Gasteiger charge is 1.96. The molecule has 2 aromatic carbocycles. The third kappa shape index (κ3) is 6.17. The fourth-order valence-electron chi connectivity index (χ4n) is 2.35. The Hall–Kier alpha value is -2.26. The van der Waals surface area contributed by atoms with Crippen molar-refractivity contribution in [3.8, 4) is 0 Å². The molecule has 2 N–H and O–H groups in total. The van der Waals surface area contributed by atoms with Crippen molar-refractivity contribution in [1.82, 2.24) is 0 Å². The fourth-order valence-corrected chi connectivity index (χ4v) is 2.35.